The van der Waals surface area contributed by atoms with Gasteiger partial charge in [-0.15, -0.1) is 0 Å². The van der Waals surface area contributed by atoms with Crippen LogP contribution in [0.3, 0.4) is 0 Å². The number of rotatable bonds is 5. The van der Waals surface area contributed by atoms with Crippen molar-refractivity contribution in [3.8, 4) is 0 Å². The van der Waals surface area contributed by atoms with Crippen LogP contribution in [0.5, 0.6) is 0 Å². The average molecular weight is 446 g/mol. The second-order valence-corrected chi connectivity index (χ2v) is 10.9. The molecular formula is C29H35NO3. The van der Waals surface area contributed by atoms with Gasteiger partial charge in [-0.05, 0) is 76.5 Å². The Morgan fingerprint density at radius 3 is 2.21 bits per heavy atom. The van der Waals surface area contributed by atoms with Gasteiger partial charge in [0.2, 0.25) is 5.91 Å². The van der Waals surface area contributed by atoms with E-state index >= 15 is 0 Å². The first-order valence-electron chi connectivity index (χ1n) is 12.0. The number of aromatic carboxylic acids is 1. The predicted octanol–water partition coefficient (Wildman–Crippen LogP) is 6.42. The Balaban J connectivity index is 1.76. The number of likely N-dealkylation sites (tertiary alicyclic amines) is 1. The molecule has 1 N–H and O–H groups in total. The van der Waals surface area contributed by atoms with E-state index < -0.39 is 5.97 Å². The summed E-state index contributed by atoms with van der Waals surface area (Å²) >= 11 is 0. The molecule has 33 heavy (non-hydrogen) atoms. The van der Waals surface area contributed by atoms with Crippen LogP contribution in [0.4, 0.5) is 0 Å². The number of hydrogen-bond acceptors (Lipinski definition) is 2. The van der Waals surface area contributed by atoms with Gasteiger partial charge in [0.25, 0.3) is 0 Å². The fourth-order valence-electron chi connectivity index (χ4n) is 5.12. The van der Waals surface area contributed by atoms with Gasteiger partial charge in [-0.3, -0.25) is 4.79 Å². The van der Waals surface area contributed by atoms with E-state index in [0.29, 0.717) is 13.0 Å². The minimum absolute atomic E-state index is 0.107. The first kappa shape index (κ1) is 23.3. The maximum absolute atomic E-state index is 12.6. The molecule has 2 aliphatic rings. The second kappa shape index (κ2) is 8.81. The van der Waals surface area contributed by atoms with E-state index in [1.807, 2.05) is 23.1 Å². The zero-order chi connectivity index (χ0) is 23.8. The van der Waals surface area contributed by atoms with Crippen molar-refractivity contribution in [2.75, 3.05) is 6.54 Å². The van der Waals surface area contributed by atoms with Crippen LogP contribution >= 0.6 is 0 Å². The molecule has 4 rings (SSSR count). The third-order valence-electron chi connectivity index (χ3n) is 7.51. The lowest BCUT2D eigenvalue weighted by Gasteiger charge is -2.42. The number of benzene rings is 2. The van der Waals surface area contributed by atoms with Crippen LogP contribution in [0.15, 0.2) is 36.4 Å². The van der Waals surface area contributed by atoms with Gasteiger partial charge in [-0.1, -0.05) is 64.1 Å². The Bertz CT molecular complexity index is 1090. The van der Waals surface area contributed by atoms with Gasteiger partial charge in [-0.2, -0.15) is 0 Å². The number of carbonyl (C=O) groups excluding carboxylic acids is 1. The van der Waals surface area contributed by atoms with Crippen molar-refractivity contribution in [1.82, 2.24) is 4.90 Å². The lowest BCUT2D eigenvalue weighted by atomic mass is 9.62. The maximum Gasteiger partial charge on any atom is 0.335 e. The van der Waals surface area contributed by atoms with E-state index in [1.54, 1.807) is 12.1 Å². The van der Waals surface area contributed by atoms with Crippen molar-refractivity contribution in [3.05, 3.63) is 69.8 Å². The number of piperidine rings is 1. The standard InChI is InChI=1S/C29H35NO3/c1-28(2)14-15-29(3,4)25-18-23(19-30-16-6-5-7-26(30)31)22(17-24(25)28)13-10-20-8-11-21(12-9-20)27(32)33/h8-13,17-18H,5-7,14-16,19H2,1-4H3,(H,32,33)/b13-10+. The third kappa shape index (κ3) is 4.90. The smallest absolute Gasteiger partial charge is 0.335 e. The Hall–Kier alpha value is -2.88. The summed E-state index contributed by atoms with van der Waals surface area (Å²) < 4.78 is 0. The Morgan fingerprint density at radius 2 is 1.61 bits per heavy atom. The van der Waals surface area contributed by atoms with E-state index in [-0.39, 0.29) is 22.3 Å². The van der Waals surface area contributed by atoms with Gasteiger partial charge in [0.05, 0.1) is 5.56 Å². The highest BCUT2D eigenvalue weighted by Gasteiger charge is 2.37. The molecule has 0 spiro atoms. The SMILES string of the molecule is CC1(C)CCC(C)(C)c2cc(CN3CCCCC3=O)c(/C=C/c3ccc(C(=O)O)cc3)cc21. The van der Waals surface area contributed by atoms with Gasteiger partial charge in [0.1, 0.15) is 0 Å². The lowest BCUT2D eigenvalue weighted by Crippen LogP contribution is -2.36. The first-order chi connectivity index (χ1) is 15.6. The summed E-state index contributed by atoms with van der Waals surface area (Å²) in [5.41, 5.74) is 6.59. The first-order valence-corrected chi connectivity index (χ1v) is 12.0. The fraction of sp³-hybridized carbons (Fsp3) is 0.448. The molecule has 0 atom stereocenters. The molecule has 1 aliphatic carbocycles. The van der Waals surface area contributed by atoms with Crippen LogP contribution < -0.4 is 0 Å². The average Bonchev–Trinajstić information content (AvgIpc) is 2.77. The normalized spacial score (nSPS) is 19.5. The summed E-state index contributed by atoms with van der Waals surface area (Å²) in [5, 5.41) is 9.15. The van der Waals surface area contributed by atoms with Crippen LogP contribution in [0.2, 0.25) is 0 Å². The van der Waals surface area contributed by atoms with Crippen LogP contribution in [-0.4, -0.2) is 28.4 Å². The summed E-state index contributed by atoms with van der Waals surface area (Å²) in [6.45, 7) is 10.8. The quantitative estimate of drug-likeness (QED) is 0.541. The summed E-state index contributed by atoms with van der Waals surface area (Å²) in [5.74, 6) is -0.670. The van der Waals surface area contributed by atoms with E-state index in [0.717, 1.165) is 43.4 Å². The molecule has 174 valence electrons. The van der Waals surface area contributed by atoms with Gasteiger partial charge >= 0.3 is 5.97 Å². The molecule has 1 amide bonds. The number of carboxylic acids is 1. The van der Waals surface area contributed by atoms with Gasteiger partial charge in [0, 0.05) is 19.5 Å². The highest BCUT2D eigenvalue weighted by atomic mass is 16.4. The van der Waals surface area contributed by atoms with Crippen molar-refractivity contribution < 1.29 is 14.7 Å². The summed E-state index contributed by atoms with van der Waals surface area (Å²) in [6, 6.07) is 11.6. The zero-order valence-electron chi connectivity index (χ0n) is 20.3. The van der Waals surface area contributed by atoms with Crippen molar-refractivity contribution in [2.24, 2.45) is 0 Å². The highest BCUT2D eigenvalue weighted by molar-refractivity contribution is 5.88. The molecule has 4 nitrogen and oxygen atoms in total. The van der Waals surface area contributed by atoms with Crippen LogP contribution in [0.25, 0.3) is 12.2 Å². The number of carboxylic acid groups (broad SMARTS) is 1. The van der Waals surface area contributed by atoms with Gasteiger partial charge in [-0.25, -0.2) is 4.79 Å². The fourth-order valence-corrected chi connectivity index (χ4v) is 5.12. The minimum Gasteiger partial charge on any atom is -0.478 e. The van der Waals surface area contributed by atoms with E-state index in [9.17, 15) is 9.59 Å². The maximum atomic E-state index is 12.6. The monoisotopic (exact) mass is 445 g/mol. The molecule has 4 heteroatoms. The van der Waals surface area contributed by atoms with Crippen LogP contribution in [0.1, 0.15) is 98.0 Å². The molecule has 2 aromatic rings. The van der Waals surface area contributed by atoms with E-state index in [4.69, 9.17) is 5.11 Å². The highest BCUT2D eigenvalue weighted by Crippen LogP contribution is 2.47. The molecule has 0 radical (unpaired) electrons. The number of hydrogen-bond donors (Lipinski definition) is 1. The van der Waals surface area contributed by atoms with E-state index in [1.165, 1.54) is 16.7 Å². The third-order valence-corrected chi connectivity index (χ3v) is 7.51. The summed E-state index contributed by atoms with van der Waals surface area (Å²) in [7, 11) is 0. The van der Waals surface area contributed by atoms with Crippen molar-refractivity contribution in [2.45, 2.75) is 77.2 Å². The molecule has 1 heterocycles. The van der Waals surface area contributed by atoms with Crippen molar-refractivity contribution >= 4 is 24.0 Å². The largest absolute Gasteiger partial charge is 0.478 e. The number of fused-ring (bicyclic) bond motifs is 1. The molecule has 0 bridgehead atoms. The molecule has 1 saturated heterocycles. The molecule has 0 unspecified atom stereocenters. The Kier molecular flexibility index (Phi) is 6.22. The molecule has 1 fully saturated rings. The second-order valence-electron chi connectivity index (χ2n) is 10.9. The Labute approximate surface area is 197 Å². The molecule has 2 aromatic carbocycles. The van der Waals surface area contributed by atoms with Gasteiger partial charge < -0.3 is 10.0 Å². The molecule has 1 aliphatic heterocycles. The lowest BCUT2D eigenvalue weighted by molar-refractivity contribution is -0.133. The molecule has 0 aromatic heterocycles. The van der Waals surface area contributed by atoms with Crippen molar-refractivity contribution in [1.29, 1.82) is 0 Å². The topological polar surface area (TPSA) is 57.6 Å². The number of nitrogens with zero attached hydrogens (tertiary/aromatic N) is 1. The van der Waals surface area contributed by atoms with Crippen LogP contribution in [0, 0.1) is 0 Å². The summed E-state index contributed by atoms with van der Waals surface area (Å²) in [6.07, 6.45) is 9.16. The summed E-state index contributed by atoms with van der Waals surface area (Å²) in [4.78, 5) is 25.7. The van der Waals surface area contributed by atoms with Crippen LogP contribution in [-0.2, 0) is 22.2 Å². The molecule has 0 saturated carbocycles. The van der Waals surface area contributed by atoms with Crippen molar-refractivity contribution in [3.63, 3.8) is 0 Å². The Morgan fingerprint density at radius 1 is 0.970 bits per heavy atom. The number of amides is 1. The number of carbonyl (C=O) groups is 2. The predicted molar refractivity (Wildman–Crippen MR) is 133 cm³/mol. The minimum atomic E-state index is -0.918. The van der Waals surface area contributed by atoms with Gasteiger partial charge in [0.15, 0.2) is 0 Å². The zero-order valence-corrected chi connectivity index (χ0v) is 20.3. The van der Waals surface area contributed by atoms with E-state index in [2.05, 4.69) is 45.9 Å². The molecular weight excluding hydrogens is 410 g/mol.